The number of carbonyl (C=O) groups excluding carboxylic acids is 2. The summed E-state index contributed by atoms with van der Waals surface area (Å²) in [5.74, 6) is 0.368. The molecule has 0 spiro atoms. The summed E-state index contributed by atoms with van der Waals surface area (Å²) in [6, 6.07) is 25.4. The first kappa shape index (κ1) is 22.7. The fourth-order valence-electron chi connectivity index (χ4n) is 4.93. The van der Waals surface area contributed by atoms with Crippen molar-refractivity contribution >= 4 is 22.7 Å². The van der Waals surface area contributed by atoms with Gasteiger partial charge in [0, 0.05) is 29.6 Å². The lowest BCUT2D eigenvalue weighted by atomic mass is 9.93. The van der Waals surface area contributed by atoms with Gasteiger partial charge in [0.05, 0.1) is 13.7 Å². The van der Waals surface area contributed by atoms with Crippen molar-refractivity contribution in [3.63, 3.8) is 0 Å². The molecule has 1 aliphatic heterocycles. The number of para-hydroxylation sites is 2. The largest absolute Gasteiger partial charge is 0.496 e. The molecule has 1 aromatic heterocycles. The Labute approximate surface area is 205 Å². The number of aromatic nitrogens is 1. The SMILES string of the molecule is COc1ccccc1CNC(=O)[C@]1(C)Cn2c(cc3ccccc32)C(=O)N1Cc1ccccc1C. The molecule has 2 amide bonds. The molecule has 3 aromatic carbocycles. The van der Waals surface area contributed by atoms with Crippen molar-refractivity contribution < 1.29 is 14.3 Å². The smallest absolute Gasteiger partial charge is 0.271 e. The average molecular weight is 468 g/mol. The van der Waals surface area contributed by atoms with Gasteiger partial charge < -0.3 is 19.5 Å². The number of aryl methyl sites for hydroxylation is 1. The predicted molar refractivity (Wildman–Crippen MR) is 136 cm³/mol. The number of methoxy groups -OCH3 is 1. The summed E-state index contributed by atoms with van der Waals surface area (Å²) in [6.45, 7) is 4.92. The molecule has 5 rings (SSSR count). The molecule has 6 heteroatoms. The third-order valence-electron chi connectivity index (χ3n) is 7.05. The van der Waals surface area contributed by atoms with Crippen molar-refractivity contribution in [1.29, 1.82) is 0 Å². The minimum absolute atomic E-state index is 0.148. The standard InChI is InChI=1S/C29H29N3O3/c1-20-10-4-5-13-23(20)18-32-27(33)25-16-21-11-6-8-14-24(21)31(25)19-29(32,2)28(34)30-17-22-12-7-9-15-26(22)35-3/h4-16H,17-19H2,1-3H3,(H,30,34)/t29-/m0/s1. The number of benzene rings is 3. The Bertz CT molecular complexity index is 1420. The number of carbonyl (C=O) groups is 2. The van der Waals surface area contributed by atoms with Crippen LogP contribution in [0.3, 0.4) is 0 Å². The summed E-state index contributed by atoms with van der Waals surface area (Å²) in [5, 5.41) is 4.07. The number of fused-ring (bicyclic) bond motifs is 3. The molecule has 0 aliphatic carbocycles. The van der Waals surface area contributed by atoms with E-state index in [4.69, 9.17) is 4.74 Å². The fourth-order valence-corrected chi connectivity index (χ4v) is 4.93. The van der Waals surface area contributed by atoms with Gasteiger partial charge in [-0.2, -0.15) is 0 Å². The summed E-state index contributed by atoms with van der Waals surface area (Å²) >= 11 is 0. The summed E-state index contributed by atoms with van der Waals surface area (Å²) in [5.41, 5.74) is 3.46. The van der Waals surface area contributed by atoms with Crippen molar-refractivity contribution in [2.24, 2.45) is 0 Å². The lowest BCUT2D eigenvalue weighted by Gasteiger charge is -2.44. The Morgan fingerprint density at radius 2 is 1.69 bits per heavy atom. The maximum atomic E-state index is 13.9. The van der Waals surface area contributed by atoms with Crippen LogP contribution in [0, 0.1) is 6.92 Å². The Kier molecular flexibility index (Phi) is 5.81. The van der Waals surface area contributed by atoms with Crippen molar-refractivity contribution in [2.45, 2.75) is 39.0 Å². The van der Waals surface area contributed by atoms with Gasteiger partial charge in [0.15, 0.2) is 0 Å². The number of hydrogen-bond acceptors (Lipinski definition) is 3. The third kappa shape index (κ3) is 3.95. The van der Waals surface area contributed by atoms with E-state index < -0.39 is 5.54 Å². The van der Waals surface area contributed by atoms with Crippen molar-refractivity contribution in [2.75, 3.05) is 7.11 Å². The Hall–Kier alpha value is -4.06. The van der Waals surface area contributed by atoms with Gasteiger partial charge in [0.2, 0.25) is 5.91 Å². The fraction of sp³-hybridized carbons (Fsp3) is 0.241. The molecule has 0 bridgehead atoms. The highest BCUT2D eigenvalue weighted by atomic mass is 16.5. The van der Waals surface area contributed by atoms with E-state index in [1.165, 1.54) is 0 Å². The Morgan fingerprint density at radius 1 is 1.00 bits per heavy atom. The number of nitrogens with zero attached hydrogens (tertiary/aromatic N) is 2. The highest BCUT2D eigenvalue weighted by molar-refractivity contribution is 6.03. The normalized spacial score (nSPS) is 17.3. The zero-order valence-corrected chi connectivity index (χ0v) is 20.2. The number of amides is 2. The summed E-state index contributed by atoms with van der Waals surface area (Å²) in [4.78, 5) is 29.5. The molecule has 0 saturated heterocycles. The van der Waals surface area contributed by atoms with Crippen LogP contribution >= 0.6 is 0 Å². The van der Waals surface area contributed by atoms with Crippen LogP contribution in [-0.2, 0) is 24.4 Å². The molecule has 1 aliphatic rings. The van der Waals surface area contributed by atoms with E-state index >= 15 is 0 Å². The number of rotatable bonds is 6. The van der Waals surface area contributed by atoms with Crippen LogP contribution in [0.5, 0.6) is 5.75 Å². The maximum absolute atomic E-state index is 13.9. The molecule has 6 nitrogen and oxygen atoms in total. The molecular weight excluding hydrogens is 438 g/mol. The number of nitrogens with one attached hydrogen (secondary N) is 1. The van der Waals surface area contributed by atoms with E-state index in [-0.39, 0.29) is 11.8 Å². The lowest BCUT2D eigenvalue weighted by Crippen LogP contribution is -2.63. The second-order valence-electron chi connectivity index (χ2n) is 9.26. The van der Waals surface area contributed by atoms with Crippen molar-refractivity contribution in [3.05, 3.63) is 101 Å². The highest BCUT2D eigenvalue weighted by Gasteiger charge is 2.47. The van der Waals surface area contributed by atoms with Gasteiger partial charge in [-0.25, -0.2) is 0 Å². The highest BCUT2D eigenvalue weighted by Crippen LogP contribution is 2.34. The first-order chi connectivity index (χ1) is 16.9. The molecule has 4 aromatic rings. The molecular formula is C29H29N3O3. The van der Waals surface area contributed by atoms with Gasteiger partial charge in [0.25, 0.3) is 5.91 Å². The topological polar surface area (TPSA) is 63.6 Å². The van der Waals surface area contributed by atoms with E-state index in [1.807, 2.05) is 97.3 Å². The maximum Gasteiger partial charge on any atom is 0.271 e. The van der Waals surface area contributed by atoms with Crippen LogP contribution in [0.4, 0.5) is 0 Å². The van der Waals surface area contributed by atoms with Crippen LogP contribution < -0.4 is 10.1 Å². The Balaban J connectivity index is 1.54. The lowest BCUT2D eigenvalue weighted by molar-refractivity contribution is -0.133. The summed E-state index contributed by atoms with van der Waals surface area (Å²) in [6.07, 6.45) is 0. The van der Waals surface area contributed by atoms with Crippen LogP contribution in [0.25, 0.3) is 10.9 Å². The van der Waals surface area contributed by atoms with E-state index in [1.54, 1.807) is 12.0 Å². The number of hydrogen-bond donors (Lipinski definition) is 1. The monoisotopic (exact) mass is 467 g/mol. The van der Waals surface area contributed by atoms with E-state index in [0.717, 1.165) is 27.6 Å². The average Bonchev–Trinajstić information content (AvgIpc) is 3.24. The van der Waals surface area contributed by atoms with E-state index in [0.29, 0.717) is 31.1 Å². The van der Waals surface area contributed by atoms with Crippen LogP contribution in [0.15, 0.2) is 78.9 Å². The predicted octanol–water partition coefficient (Wildman–Crippen LogP) is 4.69. The molecule has 1 N–H and O–H groups in total. The molecule has 0 saturated carbocycles. The van der Waals surface area contributed by atoms with Crippen LogP contribution in [0.2, 0.25) is 0 Å². The van der Waals surface area contributed by atoms with Crippen LogP contribution in [0.1, 0.15) is 34.1 Å². The van der Waals surface area contributed by atoms with Gasteiger partial charge >= 0.3 is 0 Å². The van der Waals surface area contributed by atoms with E-state index in [9.17, 15) is 9.59 Å². The zero-order valence-electron chi connectivity index (χ0n) is 20.2. The van der Waals surface area contributed by atoms with E-state index in [2.05, 4.69) is 5.32 Å². The second-order valence-corrected chi connectivity index (χ2v) is 9.26. The van der Waals surface area contributed by atoms with Gasteiger partial charge in [-0.15, -0.1) is 0 Å². The quantitative estimate of drug-likeness (QED) is 0.448. The summed E-state index contributed by atoms with van der Waals surface area (Å²) < 4.78 is 7.42. The number of ether oxygens (including phenoxy) is 1. The minimum atomic E-state index is -1.09. The first-order valence-corrected chi connectivity index (χ1v) is 11.8. The first-order valence-electron chi connectivity index (χ1n) is 11.8. The minimum Gasteiger partial charge on any atom is -0.496 e. The summed E-state index contributed by atoms with van der Waals surface area (Å²) in [7, 11) is 1.62. The molecule has 0 unspecified atom stereocenters. The van der Waals surface area contributed by atoms with Crippen LogP contribution in [-0.4, -0.2) is 33.9 Å². The molecule has 1 atom stereocenters. The van der Waals surface area contributed by atoms with Gasteiger partial charge in [0.1, 0.15) is 17.0 Å². The molecule has 0 radical (unpaired) electrons. The van der Waals surface area contributed by atoms with Gasteiger partial charge in [-0.1, -0.05) is 60.7 Å². The molecule has 2 heterocycles. The Morgan fingerprint density at radius 3 is 2.46 bits per heavy atom. The zero-order chi connectivity index (χ0) is 24.6. The molecule has 35 heavy (non-hydrogen) atoms. The third-order valence-corrected chi connectivity index (χ3v) is 7.05. The second kappa shape index (κ2) is 8.95. The van der Waals surface area contributed by atoms with Crippen molar-refractivity contribution in [3.8, 4) is 5.75 Å². The van der Waals surface area contributed by atoms with Gasteiger partial charge in [-0.3, -0.25) is 9.59 Å². The molecule has 0 fully saturated rings. The van der Waals surface area contributed by atoms with Gasteiger partial charge in [-0.05, 0) is 43.2 Å². The van der Waals surface area contributed by atoms with Crippen molar-refractivity contribution in [1.82, 2.24) is 14.8 Å². The molecule has 178 valence electrons.